The topological polar surface area (TPSA) is 73.4 Å². The Hall–Kier alpha value is -2.54. The first-order valence-electron chi connectivity index (χ1n) is 9.13. The van der Waals surface area contributed by atoms with Gasteiger partial charge in [0.15, 0.2) is 0 Å². The number of anilines is 3. The molecule has 1 aromatic carbocycles. The maximum absolute atomic E-state index is 12.6. The second kappa shape index (κ2) is 8.43. The van der Waals surface area contributed by atoms with Crippen molar-refractivity contribution >= 4 is 35.1 Å². The average molecular weight is 389 g/mol. The van der Waals surface area contributed by atoms with Crippen LogP contribution in [0, 0.1) is 13.8 Å². The summed E-state index contributed by atoms with van der Waals surface area (Å²) in [6, 6.07) is 7.39. The van der Waals surface area contributed by atoms with E-state index in [-0.39, 0.29) is 6.03 Å². The molecule has 0 saturated carbocycles. The summed E-state index contributed by atoms with van der Waals surface area (Å²) in [5, 5.41) is 6.76. The first kappa shape index (κ1) is 19.2. The number of carbonyl (C=O) groups is 1. The van der Waals surface area contributed by atoms with Crippen molar-refractivity contribution in [3.05, 3.63) is 40.5 Å². The van der Waals surface area contributed by atoms with E-state index in [1.54, 1.807) is 0 Å². The van der Waals surface area contributed by atoms with E-state index in [0.717, 1.165) is 42.4 Å². The van der Waals surface area contributed by atoms with Crippen molar-refractivity contribution in [3.63, 3.8) is 0 Å². The number of hydrogen-bond acceptors (Lipinski definition) is 5. The second-order valence-electron chi connectivity index (χ2n) is 6.54. The highest BCUT2D eigenvalue weighted by Crippen LogP contribution is 2.23. The highest BCUT2D eigenvalue weighted by atomic mass is 35.5. The predicted octanol–water partition coefficient (Wildman–Crippen LogP) is 3.53. The van der Waals surface area contributed by atoms with Gasteiger partial charge in [-0.25, -0.2) is 9.78 Å². The SMILES string of the molecule is CCNc1nc(C)cc(N2CCN(C(=O)Nc3cccc(Cl)c3C)CC2)n1. The molecule has 2 aromatic rings. The van der Waals surface area contributed by atoms with Gasteiger partial charge in [0.2, 0.25) is 5.95 Å². The van der Waals surface area contributed by atoms with Gasteiger partial charge in [-0.3, -0.25) is 0 Å². The third-order valence-electron chi connectivity index (χ3n) is 4.58. The lowest BCUT2D eigenvalue weighted by Crippen LogP contribution is -2.50. The van der Waals surface area contributed by atoms with Crippen molar-refractivity contribution in [1.29, 1.82) is 0 Å². The van der Waals surface area contributed by atoms with Crippen molar-refractivity contribution in [1.82, 2.24) is 14.9 Å². The summed E-state index contributed by atoms with van der Waals surface area (Å²) in [6.45, 7) is 9.37. The predicted molar refractivity (Wildman–Crippen MR) is 110 cm³/mol. The number of hydrogen-bond donors (Lipinski definition) is 2. The van der Waals surface area contributed by atoms with Crippen LogP contribution in [0.1, 0.15) is 18.2 Å². The largest absolute Gasteiger partial charge is 0.354 e. The Labute approximate surface area is 164 Å². The van der Waals surface area contributed by atoms with Crippen molar-refractivity contribution in [2.45, 2.75) is 20.8 Å². The van der Waals surface area contributed by atoms with Gasteiger partial charge in [-0.1, -0.05) is 17.7 Å². The number of rotatable bonds is 4. The van der Waals surface area contributed by atoms with Crippen LogP contribution in [0.5, 0.6) is 0 Å². The molecule has 7 nitrogen and oxygen atoms in total. The number of amides is 2. The molecule has 1 fully saturated rings. The molecule has 3 rings (SSSR count). The minimum atomic E-state index is -0.104. The smallest absolute Gasteiger partial charge is 0.321 e. The highest BCUT2D eigenvalue weighted by Gasteiger charge is 2.23. The Morgan fingerprint density at radius 3 is 2.63 bits per heavy atom. The maximum atomic E-state index is 12.6. The molecule has 1 aliphatic heterocycles. The van der Waals surface area contributed by atoms with Crippen LogP contribution in [0.3, 0.4) is 0 Å². The first-order valence-corrected chi connectivity index (χ1v) is 9.51. The molecule has 0 atom stereocenters. The number of aryl methyl sites for hydroxylation is 1. The lowest BCUT2D eigenvalue weighted by Gasteiger charge is -2.35. The van der Waals surface area contributed by atoms with E-state index in [4.69, 9.17) is 11.6 Å². The van der Waals surface area contributed by atoms with E-state index < -0.39 is 0 Å². The summed E-state index contributed by atoms with van der Waals surface area (Å²) in [5.74, 6) is 1.54. The molecule has 8 heteroatoms. The van der Waals surface area contributed by atoms with Crippen LogP contribution in [0.4, 0.5) is 22.2 Å². The molecule has 2 amide bonds. The van der Waals surface area contributed by atoms with E-state index in [2.05, 4.69) is 25.5 Å². The van der Waals surface area contributed by atoms with Crippen LogP contribution >= 0.6 is 11.6 Å². The van der Waals surface area contributed by atoms with Gasteiger partial charge >= 0.3 is 6.03 Å². The van der Waals surface area contributed by atoms with Gasteiger partial charge in [0.25, 0.3) is 0 Å². The molecule has 0 unspecified atom stereocenters. The zero-order valence-corrected chi connectivity index (χ0v) is 16.7. The number of carbonyl (C=O) groups excluding carboxylic acids is 1. The highest BCUT2D eigenvalue weighted by molar-refractivity contribution is 6.31. The summed E-state index contributed by atoms with van der Waals surface area (Å²) in [6.07, 6.45) is 0. The van der Waals surface area contributed by atoms with Crippen LogP contribution in [-0.2, 0) is 0 Å². The Morgan fingerprint density at radius 2 is 1.93 bits per heavy atom. The molecule has 0 aliphatic carbocycles. The van der Waals surface area contributed by atoms with Gasteiger partial charge in [-0.2, -0.15) is 4.98 Å². The van der Waals surface area contributed by atoms with Gasteiger partial charge in [0.1, 0.15) is 5.82 Å². The second-order valence-corrected chi connectivity index (χ2v) is 6.95. The molecule has 0 bridgehead atoms. The minimum Gasteiger partial charge on any atom is -0.354 e. The normalized spacial score (nSPS) is 14.2. The Balaban J connectivity index is 1.61. The summed E-state index contributed by atoms with van der Waals surface area (Å²) in [7, 11) is 0. The molecule has 144 valence electrons. The van der Waals surface area contributed by atoms with Gasteiger partial charge < -0.3 is 20.4 Å². The molecule has 1 aliphatic rings. The van der Waals surface area contributed by atoms with Crippen LogP contribution < -0.4 is 15.5 Å². The molecular weight excluding hydrogens is 364 g/mol. The number of aromatic nitrogens is 2. The van der Waals surface area contributed by atoms with Crippen molar-refractivity contribution < 1.29 is 4.79 Å². The van der Waals surface area contributed by atoms with Crippen LogP contribution in [0.2, 0.25) is 5.02 Å². The van der Waals surface area contributed by atoms with E-state index in [0.29, 0.717) is 24.1 Å². The molecule has 0 radical (unpaired) electrons. The van der Waals surface area contributed by atoms with E-state index in [9.17, 15) is 4.79 Å². The zero-order valence-electron chi connectivity index (χ0n) is 15.9. The minimum absolute atomic E-state index is 0.104. The van der Waals surface area contributed by atoms with Gasteiger partial charge in [-0.15, -0.1) is 0 Å². The van der Waals surface area contributed by atoms with E-state index in [1.165, 1.54) is 0 Å². The number of benzene rings is 1. The van der Waals surface area contributed by atoms with E-state index in [1.807, 2.05) is 49.9 Å². The quantitative estimate of drug-likeness (QED) is 0.838. The van der Waals surface area contributed by atoms with Gasteiger partial charge in [-0.05, 0) is 38.5 Å². The lowest BCUT2D eigenvalue weighted by molar-refractivity contribution is 0.208. The van der Waals surface area contributed by atoms with Gasteiger partial charge in [0.05, 0.1) is 0 Å². The summed E-state index contributed by atoms with van der Waals surface area (Å²) in [4.78, 5) is 25.6. The Morgan fingerprint density at radius 1 is 1.19 bits per heavy atom. The third-order valence-corrected chi connectivity index (χ3v) is 4.99. The van der Waals surface area contributed by atoms with Gasteiger partial charge in [0, 0.05) is 55.2 Å². The van der Waals surface area contributed by atoms with Crippen LogP contribution in [0.25, 0.3) is 0 Å². The molecule has 2 heterocycles. The fraction of sp³-hybridized carbons (Fsp3) is 0.421. The number of nitrogens with zero attached hydrogens (tertiary/aromatic N) is 4. The van der Waals surface area contributed by atoms with E-state index >= 15 is 0 Å². The van der Waals surface area contributed by atoms with Crippen LogP contribution in [0.15, 0.2) is 24.3 Å². The molecule has 27 heavy (non-hydrogen) atoms. The molecule has 1 saturated heterocycles. The standard InChI is InChI=1S/C19H25ClN6O/c1-4-21-18-22-13(2)12-17(24-18)25-8-10-26(11-9-25)19(27)23-16-7-5-6-15(20)14(16)3/h5-7,12H,4,8-11H2,1-3H3,(H,23,27)(H,21,22,24). The third kappa shape index (κ3) is 4.60. The zero-order chi connectivity index (χ0) is 19.4. The lowest BCUT2D eigenvalue weighted by atomic mass is 10.2. The summed E-state index contributed by atoms with van der Waals surface area (Å²) >= 11 is 6.13. The average Bonchev–Trinajstić information content (AvgIpc) is 2.65. The fourth-order valence-corrected chi connectivity index (χ4v) is 3.20. The van der Waals surface area contributed by atoms with Crippen molar-refractivity contribution in [3.8, 4) is 0 Å². The monoisotopic (exact) mass is 388 g/mol. The molecular formula is C19H25ClN6O. The molecule has 2 N–H and O–H groups in total. The number of piperazine rings is 1. The van der Waals surface area contributed by atoms with Crippen molar-refractivity contribution in [2.24, 2.45) is 0 Å². The number of halogens is 1. The van der Waals surface area contributed by atoms with Crippen molar-refractivity contribution in [2.75, 3.05) is 48.3 Å². The number of urea groups is 1. The molecule has 0 spiro atoms. The summed E-state index contributed by atoms with van der Waals surface area (Å²) < 4.78 is 0. The Kier molecular flexibility index (Phi) is 6.01. The Bertz CT molecular complexity index is 820. The summed E-state index contributed by atoms with van der Waals surface area (Å²) in [5.41, 5.74) is 2.54. The first-order chi connectivity index (χ1) is 13.0. The molecule has 1 aromatic heterocycles. The fourth-order valence-electron chi connectivity index (χ4n) is 3.03. The van der Waals surface area contributed by atoms with Crippen LogP contribution in [-0.4, -0.2) is 53.6 Å². The maximum Gasteiger partial charge on any atom is 0.321 e. The number of nitrogens with one attached hydrogen (secondary N) is 2.